The van der Waals surface area contributed by atoms with Crippen LogP contribution in [-0.2, 0) is 14.3 Å². The highest BCUT2D eigenvalue weighted by Crippen LogP contribution is 2.30. The van der Waals surface area contributed by atoms with Crippen molar-refractivity contribution in [2.45, 2.75) is 51.2 Å². The van der Waals surface area contributed by atoms with E-state index in [1.54, 1.807) is 13.0 Å². The number of fused-ring (bicyclic) bond motifs is 1. The lowest BCUT2D eigenvalue weighted by molar-refractivity contribution is -0.150. The maximum Gasteiger partial charge on any atom is 0.331 e. The number of carbonyl (C=O) groups excluding carboxylic acids is 2. The van der Waals surface area contributed by atoms with Gasteiger partial charge in [-0.3, -0.25) is 4.79 Å². The van der Waals surface area contributed by atoms with Crippen LogP contribution in [0.5, 0.6) is 11.5 Å². The van der Waals surface area contributed by atoms with E-state index in [0.717, 1.165) is 37.7 Å². The number of nitrogens with one attached hydrogen (secondary N) is 1. The molecule has 0 spiro atoms. The molecule has 6 heteroatoms. The van der Waals surface area contributed by atoms with Crippen LogP contribution in [0.25, 0.3) is 6.08 Å². The van der Waals surface area contributed by atoms with Gasteiger partial charge in [0.25, 0.3) is 5.91 Å². The summed E-state index contributed by atoms with van der Waals surface area (Å²) >= 11 is 0. The molecule has 0 radical (unpaired) electrons. The van der Waals surface area contributed by atoms with Crippen molar-refractivity contribution in [3.63, 3.8) is 0 Å². The topological polar surface area (TPSA) is 73.9 Å². The normalized spacial score (nSPS) is 18.3. The molecule has 1 N–H and O–H groups in total. The number of benzene rings is 1. The lowest BCUT2D eigenvalue weighted by Gasteiger charge is -2.16. The van der Waals surface area contributed by atoms with Crippen molar-refractivity contribution in [2.75, 3.05) is 13.2 Å². The van der Waals surface area contributed by atoms with Gasteiger partial charge >= 0.3 is 5.97 Å². The van der Waals surface area contributed by atoms with E-state index in [0.29, 0.717) is 24.7 Å². The molecule has 1 saturated carbocycles. The van der Waals surface area contributed by atoms with Crippen LogP contribution in [-0.4, -0.2) is 37.2 Å². The third-order valence-corrected chi connectivity index (χ3v) is 4.55. The Kier molecular flexibility index (Phi) is 6.15. The fraction of sp³-hybridized carbons (Fsp3) is 0.500. The van der Waals surface area contributed by atoms with Gasteiger partial charge in [-0.15, -0.1) is 0 Å². The Morgan fingerprint density at radius 2 is 1.88 bits per heavy atom. The highest BCUT2D eigenvalue weighted by Gasteiger charge is 2.22. The van der Waals surface area contributed by atoms with E-state index in [4.69, 9.17) is 14.2 Å². The smallest absolute Gasteiger partial charge is 0.331 e. The Morgan fingerprint density at radius 1 is 1.15 bits per heavy atom. The highest BCUT2D eigenvalue weighted by molar-refractivity contribution is 5.90. The number of carbonyl (C=O) groups is 2. The zero-order valence-electron chi connectivity index (χ0n) is 15.0. The van der Waals surface area contributed by atoms with E-state index in [9.17, 15) is 9.59 Å². The molecule has 0 bridgehead atoms. The average molecular weight is 359 g/mol. The summed E-state index contributed by atoms with van der Waals surface area (Å²) < 4.78 is 16.4. The number of rotatable bonds is 5. The molecule has 1 aromatic carbocycles. The van der Waals surface area contributed by atoms with E-state index in [2.05, 4.69) is 5.32 Å². The Morgan fingerprint density at radius 3 is 2.65 bits per heavy atom. The largest absolute Gasteiger partial charge is 0.490 e. The molecule has 3 rings (SSSR count). The summed E-state index contributed by atoms with van der Waals surface area (Å²) in [5.41, 5.74) is 0.800. The van der Waals surface area contributed by atoms with Crippen molar-refractivity contribution in [3.05, 3.63) is 29.8 Å². The maximum atomic E-state index is 12.1. The van der Waals surface area contributed by atoms with Crippen LogP contribution in [0.3, 0.4) is 0 Å². The summed E-state index contributed by atoms with van der Waals surface area (Å²) in [6.07, 6.45) is 7.25. The van der Waals surface area contributed by atoms with Gasteiger partial charge in [0.15, 0.2) is 17.6 Å². The summed E-state index contributed by atoms with van der Waals surface area (Å²) in [5, 5.41) is 2.93. The molecule has 1 amide bonds. The van der Waals surface area contributed by atoms with Gasteiger partial charge in [0.05, 0.1) is 13.2 Å². The molecule has 0 aromatic heterocycles. The first-order chi connectivity index (χ1) is 12.6. The van der Waals surface area contributed by atoms with Gasteiger partial charge < -0.3 is 19.5 Å². The molecular weight excluding hydrogens is 334 g/mol. The molecule has 0 saturated heterocycles. The number of esters is 1. The predicted molar refractivity (Wildman–Crippen MR) is 97.0 cm³/mol. The monoisotopic (exact) mass is 359 g/mol. The third-order valence-electron chi connectivity index (χ3n) is 4.55. The van der Waals surface area contributed by atoms with Crippen molar-refractivity contribution in [3.8, 4) is 11.5 Å². The second-order valence-corrected chi connectivity index (χ2v) is 6.66. The lowest BCUT2D eigenvalue weighted by Crippen LogP contribution is -2.40. The SMILES string of the molecule is C[C@H](OC(=O)/C=C/c1ccc2c(c1)OCCCO2)C(=O)NC1CCCC1. The van der Waals surface area contributed by atoms with Crippen molar-refractivity contribution in [2.24, 2.45) is 0 Å². The second kappa shape index (κ2) is 8.74. The van der Waals surface area contributed by atoms with Gasteiger partial charge in [-0.1, -0.05) is 18.9 Å². The third kappa shape index (κ3) is 5.00. The van der Waals surface area contributed by atoms with Crippen LogP contribution in [0.1, 0.15) is 44.6 Å². The van der Waals surface area contributed by atoms with Gasteiger partial charge in [-0.05, 0) is 43.5 Å². The molecule has 1 aliphatic heterocycles. The van der Waals surface area contributed by atoms with E-state index in [1.165, 1.54) is 6.08 Å². The molecular formula is C20H25NO5. The van der Waals surface area contributed by atoms with Crippen LogP contribution < -0.4 is 14.8 Å². The minimum atomic E-state index is -0.809. The van der Waals surface area contributed by atoms with Crippen LogP contribution >= 0.6 is 0 Å². The first-order valence-electron chi connectivity index (χ1n) is 9.20. The fourth-order valence-electron chi connectivity index (χ4n) is 3.10. The van der Waals surface area contributed by atoms with E-state index < -0.39 is 12.1 Å². The van der Waals surface area contributed by atoms with Gasteiger partial charge in [0.2, 0.25) is 0 Å². The minimum absolute atomic E-state index is 0.209. The number of ether oxygens (including phenoxy) is 3. The summed E-state index contributed by atoms with van der Waals surface area (Å²) in [4.78, 5) is 24.0. The summed E-state index contributed by atoms with van der Waals surface area (Å²) in [6.45, 7) is 2.83. The molecule has 0 unspecified atom stereocenters. The molecule has 1 aromatic rings. The molecule has 1 heterocycles. The fourth-order valence-corrected chi connectivity index (χ4v) is 3.10. The number of amides is 1. The quantitative estimate of drug-likeness (QED) is 0.646. The van der Waals surface area contributed by atoms with Gasteiger partial charge in [0, 0.05) is 18.5 Å². The molecule has 26 heavy (non-hydrogen) atoms. The van der Waals surface area contributed by atoms with Crippen molar-refractivity contribution in [1.29, 1.82) is 0 Å². The zero-order chi connectivity index (χ0) is 18.4. The molecule has 1 atom stereocenters. The Labute approximate surface area is 153 Å². The average Bonchev–Trinajstić information content (AvgIpc) is 3.02. The highest BCUT2D eigenvalue weighted by atomic mass is 16.5. The van der Waals surface area contributed by atoms with Crippen molar-refractivity contribution in [1.82, 2.24) is 5.32 Å². The van der Waals surface area contributed by atoms with Gasteiger partial charge in [-0.25, -0.2) is 4.79 Å². The van der Waals surface area contributed by atoms with Crippen LogP contribution in [0.4, 0.5) is 0 Å². The molecule has 1 aliphatic carbocycles. The molecule has 1 fully saturated rings. The summed E-state index contributed by atoms with van der Waals surface area (Å²) in [5.74, 6) is 0.585. The number of hydrogen-bond acceptors (Lipinski definition) is 5. The standard InChI is InChI=1S/C20H25NO5/c1-14(20(23)21-16-5-2-3-6-16)26-19(22)10-8-15-7-9-17-18(13-15)25-12-4-11-24-17/h7-10,13-14,16H,2-6,11-12H2,1H3,(H,21,23)/b10-8+/t14-/m0/s1. The van der Waals surface area contributed by atoms with E-state index in [1.807, 2.05) is 18.2 Å². The molecule has 6 nitrogen and oxygen atoms in total. The van der Waals surface area contributed by atoms with Crippen LogP contribution in [0, 0.1) is 0 Å². The lowest BCUT2D eigenvalue weighted by atomic mass is 10.2. The minimum Gasteiger partial charge on any atom is -0.490 e. The van der Waals surface area contributed by atoms with Gasteiger partial charge in [-0.2, -0.15) is 0 Å². The van der Waals surface area contributed by atoms with Crippen LogP contribution in [0.2, 0.25) is 0 Å². The predicted octanol–water partition coefficient (Wildman–Crippen LogP) is 2.85. The maximum absolute atomic E-state index is 12.1. The molecule has 2 aliphatic rings. The van der Waals surface area contributed by atoms with E-state index >= 15 is 0 Å². The van der Waals surface area contributed by atoms with Crippen molar-refractivity contribution >= 4 is 18.0 Å². The summed E-state index contributed by atoms with van der Waals surface area (Å²) in [7, 11) is 0. The first kappa shape index (κ1) is 18.3. The van der Waals surface area contributed by atoms with Crippen LogP contribution in [0.15, 0.2) is 24.3 Å². The summed E-state index contributed by atoms with van der Waals surface area (Å²) in [6, 6.07) is 5.69. The van der Waals surface area contributed by atoms with Gasteiger partial charge in [0.1, 0.15) is 0 Å². The number of hydrogen-bond donors (Lipinski definition) is 1. The second-order valence-electron chi connectivity index (χ2n) is 6.66. The molecule has 140 valence electrons. The van der Waals surface area contributed by atoms with E-state index in [-0.39, 0.29) is 11.9 Å². The first-order valence-corrected chi connectivity index (χ1v) is 9.20. The Bertz CT molecular complexity index is 679. The Hall–Kier alpha value is -2.50. The Balaban J connectivity index is 1.52. The van der Waals surface area contributed by atoms with Crippen molar-refractivity contribution < 1.29 is 23.8 Å². The zero-order valence-corrected chi connectivity index (χ0v) is 15.0.